The molecule has 0 saturated heterocycles. The van der Waals surface area contributed by atoms with E-state index >= 15 is 0 Å². The minimum atomic E-state index is -0.819. The van der Waals surface area contributed by atoms with Crippen molar-refractivity contribution in [3.8, 4) is 0 Å². The maximum atomic E-state index is 11.5. The molecule has 0 amide bonds. The number of hydrogen-bond acceptors (Lipinski definition) is 4. The quantitative estimate of drug-likeness (QED) is 0.746. The summed E-state index contributed by atoms with van der Waals surface area (Å²) in [4.78, 5) is 22.7. The number of methoxy groups -OCH3 is 1. The Kier molecular flexibility index (Phi) is 2.88. The zero-order chi connectivity index (χ0) is 12.5. The Morgan fingerprint density at radius 3 is 2.47 bits per heavy atom. The van der Waals surface area contributed by atoms with Gasteiger partial charge in [-0.1, -0.05) is 30.3 Å². The average Bonchev–Trinajstić information content (AvgIpc) is 3.04. The second-order valence-electron chi connectivity index (χ2n) is 4.13. The Bertz CT molecular complexity index is 440. The lowest BCUT2D eigenvalue weighted by Crippen LogP contribution is -2.22. The van der Waals surface area contributed by atoms with Gasteiger partial charge in [0.1, 0.15) is 5.92 Å². The molecule has 1 aromatic rings. The highest BCUT2D eigenvalue weighted by atomic mass is 16.6. The first-order valence-electron chi connectivity index (χ1n) is 5.43. The van der Waals surface area contributed by atoms with Crippen LogP contribution in [0.1, 0.15) is 18.9 Å². The van der Waals surface area contributed by atoms with Gasteiger partial charge >= 0.3 is 11.9 Å². The van der Waals surface area contributed by atoms with Crippen LogP contribution < -0.4 is 0 Å². The topological polar surface area (TPSA) is 52.6 Å². The van der Waals surface area contributed by atoms with E-state index in [1.165, 1.54) is 14.0 Å². The SMILES string of the molecule is COC(=O)[C@H]1C[C@]1(OC(C)=O)c1ccccc1. The molecule has 4 heteroatoms. The number of benzene rings is 1. The predicted octanol–water partition coefficient (Wildman–Crippen LogP) is 1.64. The van der Waals surface area contributed by atoms with Gasteiger partial charge in [-0.05, 0) is 5.56 Å². The van der Waals surface area contributed by atoms with Gasteiger partial charge in [-0.2, -0.15) is 0 Å². The third-order valence-corrected chi connectivity index (χ3v) is 2.98. The molecule has 1 aliphatic rings. The van der Waals surface area contributed by atoms with Crippen LogP contribution in [0.2, 0.25) is 0 Å². The fourth-order valence-corrected chi connectivity index (χ4v) is 2.13. The second-order valence-corrected chi connectivity index (χ2v) is 4.13. The monoisotopic (exact) mass is 234 g/mol. The molecule has 0 aromatic heterocycles. The molecule has 1 aromatic carbocycles. The van der Waals surface area contributed by atoms with E-state index in [1.807, 2.05) is 30.3 Å². The number of carbonyl (C=O) groups is 2. The number of ether oxygens (including phenoxy) is 2. The van der Waals surface area contributed by atoms with E-state index in [2.05, 4.69) is 0 Å². The summed E-state index contributed by atoms with van der Waals surface area (Å²) in [6.45, 7) is 1.34. The molecule has 1 saturated carbocycles. The molecule has 0 radical (unpaired) electrons. The molecule has 0 bridgehead atoms. The summed E-state index contributed by atoms with van der Waals surface area (Å²) < 4.78 is 10.0. The molecular formula is C13H14O4. The lowest BCUT2D eigenvalue weighted by Gasteiger charge is -2.17. The first kappa shape index (κ1) is 11.6. The van der Waals surface area contributed by atoms with Gasteiger partial charge in [-0.3, -0.25) is 9.59 Å². The number of rotatable bonds is 3. The molecule has 1 aliphatic carbocycles. The van der Waals surface area contributed by atoms with Crippen molar-refractivity contribution < 1.29 is 19.1 Å². The Labute approximate surface area is 99.5 Å². The molecular weight excluding hydrogens is 220 g/mol. The van der Waals surface area contributed by atoms with Gasteiger partial charge in [0.15, 0.2) is 5.60 Å². The van der Waals surface area contributed by atoms with Gasteiger partial charge in [-0.15, -0.1) is 0 Å². The number of carbonyl (C=O) groups excluding carboxylic acids is 2. The van der Waals surface area contributed by atoms with Gasteiger partial charge in [0.2, 0.25) is 0 Å². The van der Waals surface area contributed by atoms with E-state index in [1.54, 1.807) is 0 Å². The summed E-state index contributed by atoms with van der Waals surface area (Å²) in [5.41, 5.74) is 0.0193. The highest BCUT2D eigenvalue weighted by Crippen LogP contribution is 2.55. The van der Waals surface area contributed by atoms with Crippen LogP contribution in [0.5, 0.6) is 0 Å². The lowest BCUT2D eigenvalue weighted by atomic mass is 10.1. The van der Waals surface area contributed by atoms with Crippen LogP contribution in [0.25, 0.3) is 0 Å². The van der Waals surface area contributed by atoms with Crippen molar-refractivity contribution in [1.82, 2.24) is 0 Å². The summed E-state index contributed by atoms with van der Waals surface area (Å²) in [7, 11) is 1.34. The molecule has 90 valence electrons. The van der Waals surface area contributed by atoms with Crippen molar-refractivity contribution in [2.45, 2.75) is 18.9 Å². The van der Waals surface area contributed by atoms with Crippen LogP contribution in [0, 0.1) is 5.92 Å². The van der Waals surface area contributed by atoms with E-state index < -0.39 is 11.5 Å². The van der Waals surface area contributed by atoms with E-state index in [0.717, 1.165) is 5.56 Å². The lowest BCUT2D eigenvalue weighted by molar-refractivity contribution is -0.154. The van der Waals surface area contributed by atoms with Gasteiger partial charge in [0.25, 0.3) is 0 Å². The maximum Gasteiger partial charge on any atom is 0.313 e. The number of hydrogen-bond donors (Lipinski definition) is 0. The van der Waals surface area contributed by atoms with E-state index in [4.69, 9.17) is 9.47 Å². The molecule has 0 spiro atoms. The zero-order valence-corrected chi connectivity index (χ0v) is 9.80. The molecule has 2 rings (SSSR count). The Hall–Kier alpha value is -1.84. The average molecular weight is 234 g/mol. The van der Waals surface area contributed by atoms with Gasteiger partial charge in [0, 0.05) is 13.3 Å². The summed E-state index contributed by atoms with van der Waals surface area (Å²) in [6, 6.07) is 9.29. The van der Waals surface area contributed by atoms with Crippen LogP contribution in [0.3, 0.4) is 0 Å². The Morgan fingerprint density at radius 1 is 1.29 bits per heavy atom. The van der Waals surface area contributed by atoms with Crippen molar-refractivity contribution in [1.29, 1.82) is 0 Å². The first-order valence-corrected chi connectivity index (χ1v) is 5.43. The molecule has 0 N–H and O–H groups in total. The molecule has 4 nitrogen and oxygen atoms in total. The van der Waals surface area contributed by atoms with Crippen molar-refractivity contribution in [2.75, 3.05) is 7.11 Å². The van der Waals surface area contributed by atoms with Crippen LogP contribution in [0.15, 0.2) is 30.3 Å². The van der Waals surface area contributed by atoms with Gasteiger partial charge in [-0.25, -0.2) is 0 Å². The Balaban J connectivity index is 2.29. The zero-order valence-electron chi connectivity index (χ0n) is 9.80. The molecule has 0 unspecified atom stereocenters. The smallest absolute Gasteiger partial charge is 0.313 e. The van der Waals surface area contributed by atoms with Gasteiger partial charge < -0.3 is 9.47 Å². The molecule has 0 aliphatic heterocycles. The molecule has 17 heavy (non-hydrogen) atoms. The summed E-state index contributed by atoms with van der Waals surface area (Å²) in [5, 5.41) is 0. The second kappa shape index (κ2) is 4.20. The third-order valence-electron chi connectivity index (χ3n) is 2.98. The minimum Gasteiger partial charge on any atom is -0.469 e. The number of esters is 2. The standard InChI is InChI=1S/C13H14O4/c1-9(14)17-13(8-11(13)12(15)16-2)10-6-4-3-5-7-10/h3-7,11H,8H2,1-2H3/t11-,13+/m1/s1. The van der Waals surface area contributed by atoms with Crippen molar-refractivity contribution >= 4 is 11.9 Å². The highest BCUT2D eigenvalue weighted by Gasteiger charge is 2.63. The van der Waals surface area contributed by atoms with Crippen LogP contribution in [-0.4, -0.2) is 19.0 Å². The predicted molar refractivity (Wildman–Crippen MR) is 60.0 cm³/mol. The van der Waals surface area contributed by atoms with Gasteiger partial charge in [0.05, 0.1) is 7.11 Å². The van der Waals surface area contributed by atoms with E-state index in [9.17, 15) is 9.59 Å². The normalized spacial score (nSPS) is 26.1. The molecule has 0 heterocycles. The van der Waals surface area contributed by atoms with Crippen molar-refractivity contribution in [3.63, 3.8) is 0 Å². The highest BCUT2D eigenvalue weighted by molar-refractivity contribution is 5.80. The maximum absolute atomic E-state index is 11.5. The minimum absolute atomic E-state index is 0.338. The molecule has 1 fully saturated rings. The van der Waals surface area contributed by atoms with Crippen LogP contribution >= 0.6 is 0 Å². The summed E-state index contributed by atoms with van der Waals surface area (Å²) in [5.74, 6) is -1.12. The van der Waals surface area contributed by atoms with Crippen molar-refractivity contribution in [2.24, 2.45) is 5.92 Å². The fraction of sp³-hybridized carbons (Fsp3) is 0.385. The van der Waals surface area contributed by atoms with E-state index in [0.29, 0.717) is 6.42 Å². The largest absolute Gasteiger partial charge is 0.469 e. The molecule has 2 atom stereocenters. The van der Waals surface area contributed by atoms with E-state index in [-0.39, 0.29) is 11.9 Å². The van der Waals surface area contributed by atoms with Crippen LogP contribution in [-0.2, 0) is 24.7 Å². The summed E-state index contributed by atoms with van der Waals surface area (Å²) >= 11 is 0. The van der Waals surface area contributed by atoms with Crippen molar-refractivity contribution in [3.05, 3.63) is 35.9 Å². The third kappa shape index (κ3) is 2.02. The Morgan fingerprint density at radius 2 is 1.94 bits per heavy atom. The first-order chi connectivity index (χ1) is 8.10. The summed E-state index contributed by atoms with van der Waals surface area (Å²) in [6.07, 6.45) is 0.489. The fourth-order valence-electron chi connectivity index (χ4n) is 2.13. The van der Waals surface area contributed by atoms with Crippen LogP contribution in [0.4, 0.5) is 0 Å².